The largest absolute Gasteiger partial charge is 0.464 e. The summed E-state index contributed by atoms with van der Waals surface area (Å²) in [6.07, 6.45) is 0.395. The van der Waals surface area contributed by atoms with Gasteiger partial charge in [0.15, 0.2) is 10.8 Å². The molecule has 21 heavy (non-hydrogen) atoms. The highest BCUT2D eigenvalue weighted by atomic mass is 32.1. The predicted octanol–water partition coefficient (Wildman–Crippen LogP) is 0.899. The van der Waals surface area contributed by atoms with E-state index in [1.54, 1.807) is 4.90 Å². The van der Waals surface area contributed by atoms with Crippen molar-refractivity contribution in [2.45, 2.75) is 13.3 Å². The standard InChI is InChI=1S/C13H19N3O4S/c1-9-11(12(18)19-2)15-13(21-9)14-4-3-10(17)16-5-7-20-8-6-16/h3-8H2,1-2H3,(H,14,15). The average molecular weight is 313 g/mol. The van der Waals surface area contributed by atoms with Crippen LogP contribution in [0.1, 0.15) is 21.8 Å². The quantitative estimate of drug-likeness (QED) is 0.814. The maximum Gasteiger partial charge on any atom is 0.357 e. The van der Waals surface area contributed by atoms with Gasteiger partial charge in [0.05, 0.1) is 20.3 Å². The number of carbonyl (C=O) groups is 2. The van der Waals surface area contributed by atoms with E-state index < -0.39 is 5.97 Å². The van der Waals surface area contributed by atoms with E-state index in [2.05, 4.69) is 15.0 Å². The summed E-state index contributed by atoms with van der Waals surface area (Å²) in [5.74, 6) is -0.339. The summed E-state index contributed by atoms with van der Waals surface area (Å²) in [6.45, 7) is 4.82. The SMILES string of the molecule is COC(=O)c1nc(NCCC(=O)N2CCOCC2)sc1C. The first-order valence-electron chi connectivity index (χ1n) is 6.77. The van der Waals surface area contributed by atoms with E-state index in [1.807, 2.05) is 6.92 Å². The topological polar surface area (TPSA) is 80.8 Å². The summed E-state index contributed by atoms with van der Waals surface area (Å²) in [4.78, 5) is 30.2. The Balaban J connectivity index is 1.80. The second-order valence-electron chi connectivity index (χ2n) is 4.59. The van der Waals surface area contributed by atoms with Crippen LogP contribution in [-0.2, 0) is 14.3 Å². The van der Waals surface area contributed by atoms with Crippen molar-refractivity contribution in [3.05, 3.63) is 10.6 Å². The van der Waals surface area contributed by atoms with Crippen LogP contribution in [0.3, 0.4) is 0 Å². The third-order valence-corrected chi connectivity index (χ3v) is 4.08. The summed E-state index contributed by atoms with van der Waals surface area (Å²) in [5.41, 5.74) is 0.324. The first-order chi connectivity index (χ1) is 10.1. The van der Waals surface area contributed by atoms with E-state index in [0.717, 1.165) is 4.88 Å². The lowest BCUT2D eigenvalue weighted by Gasteiger charge is -2.26. The number of methoxy groups -OCH3 is 1. The summed E-state index contributed by atoms with van der Waals surface area (Å²) in [6, 6.07) is 0. The molecule has 0 aliphatic carbocycles. The monoisotopic (exact) mass is 313 g/mol. The molecule has 0 atom stereocenters. The molecule has 1 aliphatic heterocycles. The molecule has 2 heterocycles. The highest BCUT2D eigenvalue weighted by Crippen LogP contribution is 2.22. The third-order valence-electron chi connectivity index (χ3n) is 3.15. The third kappa shape index (κ3) is 4.15. The molecule has 1 amide bonds. The minimum Gasteiger partial charge on any atom is -0.464 e. The molecule has 0 bridgehead atoms. The fraction of sp³-hybridized carbons (Fsp3) is 0.615. The molecule has 1 saturated heterocycles. The lowest BCUT2D eigenvalue weighted by atomic mass is 10.3. The molecule has 0 aromatic carbocycles. The molecule has 0 unspecified atom stereocenters. The Bertz CT molecular complexity index is 512. The van der Waals surface area contributed by atoms with Crippen LogP contribution in [0.25, 0.3) is 0 Å². The van der Waals surface area contributed by atoms with E-state index in [9.17, 15) is 9.59 Å². The van der Waals surface area contributed by atoms with Crippen molar-refractivity contribution in [1.29, 1.82) is 0 Å². The van der Waals surface area contributed by atoms with E-state index in [-0.39, 0.29) is 5.91 Å². The Morgan fingerprint density at radius 2 is 2.14 bits per heavy atom. The van der Waals surface area contributed by atoms with Crippen molar-refractivity contribution < 1.29 is 19.1 Å². The number of morpholine rings is 1. The molecule has 0 spiro atoms. The number of carbonyl (C=O) groups excluding carboxylic acids is 2. The zero-order chi connectivity index (χ0) is 15.2. The maximum atomic E-state index is 12.0. The first-order valence-corrected chi connectivity index (χ1v) is 7.58. The predicted molar refractivity (Wildman–Crippen MR) is 78.7 cm³/mol. The summed E-state index contributed by atoms with van der Waals surface area (Å²) >= 11 is 1.38. The number of aryl methyl sites for hydroxylation is 1. The zero-order valence-electron chi connectivity index (χ0n) is 12.2. The highest BCUT2D eigenvalue weighted by molar-refractivity contribution is 7.15. The van der Waals surface area contributed by atoms with Crippen LogP contribution in [0.5, 0.6) is 0 Å². The van der Waals surface area contributed by atoms with Gasteiger partial charge in [0, 0.05) is 30.9 Å². The molecule has 116 valence electrons. The summed E-state index contributed by atoms with van der Waals surface area (Å²) < 4.78 is 9.87. The smallest absolute Gasteiger partial charge is 0.357 e. The van der Waals surface area contributed by atoms with Crippen LogP contribution in [0.15, 0.2) is 0 Å². The van der Waals surface area contributed by atoms with Gasteiger partial charge in [0.1, 0.15) is 0 Å². The van der Waals surface area contributed by atoms with E-state index >= 15 is 0 Å². The number of ether oxygens (including phenoxy) is 2. The second kappa shape index (κ2) is 7.37. The van der Waals surface area contributed by atoms with Crippen LogP contribution in [0, 0.1) is 6.92 Å². The number of thiazole rings is 1. The Morgan fingerprint density at radius 3 is 2.81 bits per heavy atom. The van der Waals surface area contributed by atoms with E-state index in [4.69, 9.17) is 4.74 Å². The maximum absolute atomic E-state index is 12.0. The number of nitrogens with one attached hydrogen (secondary N) is 1. The first kappa shape index (κ1) is 15.7. The molecule has 1 aromatic rings. The Labute approximate surface area is 127 Å². The molecule has 1 fully saturated rings. The number of nitrogens with zero attached hydrogens (tertiary/aromatic N) is 2. The lowest BCUT2D eigenvalue weighted by Crippen LogP contribution is -2.41. The number of hydrogen-bond acceptors (Lipinski definition) is 7. The van der Waals surface area contributed by atoms with Gasteiger partial charge in [-0.2, -0.15) is 0 Å². The zero-order valence-corrected chi connectivity index (χ0v) is 13.0. The molecular formula is C13H19N3O4S. The highest BCUT2D eigenvalue weighted by Gasteiger charge is 2.18. The van der Waals surface area contributed by atoms with Crippen molar-refractivity contribution in [3.63, 3.8) is 0 Å². The molecule has 1 aliphatic rings. The summed E-state index contributed by atoms with van der Waals surface area (Å²) in [5, 5.41) is 3.70. The van der Waals surface area contributed by atoms with Gasteiger partial charge >= 0.3 is 5.97 Å². The molecule has 0 saturated carbocycles. The van der Waals surface area contributed by atoms with Crippen molar-refractivity contribution in [1.82, 2.24) is 9.88 Å². The number of anilines is 1. The van der Waals surface area contributed by atoms with Gasteiger partial charge in [0.2, 0.25) is 5.91 Å². The van der Waals surface area contributed by atoms with Crippen molar-refractivity contribution in [3.8, 4) is 0 Å². The molecule has 2 rings (SSSR count). The van der Waals surface area contributed by atoms with Gasteiger partial charge in [-0.25, -0.2) is 9.78 Å². The van der Waals surface area contributed by atoms with E-state index in [0.29, 0.717) is 50.1 Å². The minimum absolute atomic E-state index is 0.104. The van der Waals surface area contributed by atoms with Gasteiger partial charge in [-0.15, -0.1) is 11.3 Å². The molecule has 0 radical (unpaired) electrons. The van der Waals surface area contributed by atoms with Crippen molar-refractivity contribution in [2.24, 2.45) is 0 Å². The number of esters is 1. The number of hydrogen-bond donors (Lipinski definition) is 1. The van der Waals surface area contributed by atoms with Crippen molar-refractivity contribution >= 4 is 28.3 Å². The molecular weight excluding hydrogens is 294 g/mol. The molecule has 8 heteroatoms. The number of rotatable bonds is 5. The van der Waals surface area contributed by atoms with Crippen LogP contribution in [-0.4, -0.2) is 61.7 Å². The normalized spacial score (nSPS) is 14.9. The lowest BCUT2D eigenvalue weighted by molar-refractivity contribution is -0.134. The van der Waals surface area contributed by atoms with Crippen LogP contribution < -0.4 is 5.32 Å². The van der Waals surface area contributed by atoms with Crippen LogP contribution >= 0.6 is 11.3 Å². The number of aromatic nitrogens is 1. The average Bonchev–Trinajstić information content (AvgIpc) is 2.88. The molecule has 1 N–H and O–H groups in total. The molecule has 7 nitrogen and oxygen atoms in total. The Hall–Kier alpha value is -1.67. The van der Waals surface area contributed by atoms with Crippen molar-refractivity contribution in [2.75, 3.05) is 45.3 Å². The van der Waals surface area contributed by atoms with Crippen LogP contribution in [0.4, 0.5) is 5.13 Å². The van der Waals surface area contributed by atoms with E-state index in [1.165, 1.54) is 18.4 Å². The Morgan fingerprint density at radius 1 is 1.43 bits per heavy atom. The van der Waals surface area contributed by atoms with Gasteiger partial charge in [-0.1, -0.05) is 0 Å². The minimum atomic E-state index is -0.443. The van der Waals surface area contributed by atoms with Crippen LogP contribution in [0.2, 0.25) is 0 Å². The Kier molecular flexibility index (Phi) is 5.51. The molecule has 1 aromatic heterocycles. The van der Waals surface area contributed by atoms with Gasteiger partial charge in [0.25, 0.3) is 0 Å². The fourth-order valence-electron chi connectivity index (χ4n) is 2.01. The van der Waals surface area contributed by atoms with Gasteiger partial charge in [-0.3, -0.25) is 4.79 Å². The summed E-state index contributed by atoms with van der Waals surface area (Å²) in [7, 11) is 1.33. The fourth-order valence-corrected chi connectivity index (χ4v) is 2.83. The van der Waals surface area contributed by atoms with Gasteiger partial charge in [-0.05, 0) is 6.92 Å². The second-order valence-corrected chi connectivity index (χ2v) is 5.79. The number of amides is 1. The van der Waals surface area contributed by atoms with Gasteiger partial charge < -0.3 is 19.7 Å².